The van der Waals surface area contributed by atoms with E-state index in [2.05, 4.69) is 15.3 Å². The van der Waals surface area contributed by atoms with Crippen molar-refractivity contribution in [1.82, 2.24) is 9.97 Å². The van der Waals surface area contributed by atoms with Gasteiger partial charge in [0.1, 0.15) is 5.82 Å². The first-order chi connectivity index (χ1) is 12.7. The highest BCUT2D eigenvalue weighted by Crippen LogP contribution is 2.24. The van der Waals surface area contributed by atoms with Crippen molar-refractivity contribution < 1.29 is 9.53 Å². The number of carbonyl (C=O) groups excluding carboxylic acids is 1. The summed E-state index contributed by atoms with van der Waals surface area (Å²) in [4.78, 5) is 22.9. The third kappa shape index (κ3) is 3.80. The van der Waals surface area contributed by atoms with Gasteiger partial charge >= 0.3 is 5.97 Å². The molecule has 6 nitrogen and oxygen atoms in total. The molecule has 0 aliphatic rings. The summed E-state index contributed by atoms with van der Waals surface area (Å²) in [6, 6.07) is 18.9. The van der Waals surface area contributed by atoms with Crippen LogP contribution in [0.1, 0.15) is 17.3 Å². The number of para-hydroxylation sites is 2. The molecule has 1 aromatic heterocycles. The number of nitrogens with zero attached hydrogens (tertiary/aromatic N) is 3. The number of hydrogen-bond acceptors (Lipinski definition) is 6. The molecule has 0 bridgehead atoms. The van der Waals surface area contributed by atoms with Gasteiger partial charge in [-0.15, -0.1) is 0 Å². The van der Waals surface area contributed by atoms with E-state index in [1.54, 1.807) is 24.4 Å². The number of hydrogen-bond donors (Lipinski definition) is 1. The number of methoxy groups -OCH3 is 1. The van der Waals surface area contributed by atoms with E-state index in [4.69, 9.17) is 4.74 Å². The Morgan fingerprint density at radius 1 is 1.08 bits per heavy atom. The van der Waals surface area contributed by atoms with Crippen LogP contribution >= 0.6 is 0 Å². The van der Waals surface area contributed by atoms with Gasteiger partial charge in [0.25, 0.3) is 0 Å². The molecule has 0 aliphatic heterocycles. The van der Waals surface area contributed by atoms with E-state index >= 15 is 0 Å². The second-order valence-electron chi connectivity index (χ2n) is 5.48. The number of ether oxygens (including phenoxy) is 1. The van der Waals surface area contributed by atoms with Gasteiger partial charge in [0, 0.05) is 18.4 Å². The molecule has 0 unspecified atom stereocenters. The zero-order valence-electron chi connectivity index (χ0n) is 14.7. The van der Waals surface area contributed by atoms with Crippen molar-refractivity contribution in [2.45, 2.75) is 6.92 Å². The molecule has 1 N–H and O–H groups in total. The highest BCUT2D eigenvalue weighted by molar-refractivity contribution is 5.96. The molecule has 0 radical (unpaired) electrons. The Hall–Kier alpha value is -3.41. The number of benzene rings is 2. The first kappa shape index (κ1) is 17.4. The molecular weight excluding hydrogens is 328 g/mol. The number of anilines is 4. The third-order valence-corrected chi connectivity index (χ3v) is 3.86. The molecule has 0 saturated carbocycles. The van der Waals surface area contributed by atoms with Crippen LogP contribution in [-0.4, -0.2) is 29.6 Å². The lowest BCUT2D eigenvalue weighted by atomic mass is 10.2. The van der Waals surface area contributed by atoms with E-state index in [-0.39, 0.29) is 0 Å². The standard InChI is InChI=1S/C20H20N4O2/c1-3-24(15-9-5-4-6-10-15)20-21-14-13-18(23-20)22-17-12-8-7-11-16(17)19(25)26-2/h4-14H,3H2,1-2H3,(H,21,22,23). The van der Waals surface area contributed by atoms with Crippen molar-refractivity contribution in [3.63, 3.8) is 0 Å². The van der Waals surface area contributed by atoms with Gasteiger partial charge in [0.05, 0.1) is 18.4 Å². The van der Waals surface area contributed by atoms with Crippen LogP contribution in [0.2, 0.25) is 0 Å². The lowest BCUT2D eigenvalue weighted by molar-refractivity contribution is 0.0602. The van der Waals surface area contributed by atoms with Crippen LogP contribution in [0.5, 0.6) is 0 Å². The van der Waals surface area contributed by atoms with Gasteiger partial charge in [0.15, 0.2) is 0 Å². The molecule has 6 heteroatoms. The smallest absolute Gasteiger partial charge is 0.339 e. The minimum Gasteiger partial charge on any atom is -0.465 e. The number of esters is 1. The zero-order valence-corrected chi connectivity index (χ0v) is 14.7. The summed E-state index contributed by atoms with van der Waals surface area (Å²) < 4.78 is 4.83. The molecule has 3 rings (SSSR count). The third-order valence-electron chi connectivity index (χ3n) is 3.86. The topological polar surface area (TPSA) is 67.4 Å². The lowest BCUT2D eigenvalue weighted by Crippen LogP contribution is -2.19. The van der Waals surface area contributed by atoms with Crippen LogP contribution in [-0.2, 0) is 4.74 Å². The second-order valence-corrected chi connectivity index (χ2v) is 5.48. The second kappa shape index (κ2) is 8.11. The minimum atomic E-state index is -0.401. The summed E-state index contributed by atoms with van der Waals surface area (Å²) in [6.45, 7) is 2.77. The molecule has 3 aromatic rings. The molecule has 0 saturated heterocycles. The van der Waals surface area contributed by atoms with Crippen LogP contribution in [0.3, 0.4) is 0 Å². The maximum absolute atomic E-state index is 11.9. The Labute approximate surface area is 152 Å². The molecule has 26 heavy (non-hydrogen) atoms. The van der Waals surface area contributed by atoms with Gasteiger partial charge in [-0.05, 0) is 37.3 Å². The molecule has 132 valence electrons. The number of rotatable bonds is 6. The van der Waals surface area contributed by atoms with Crippen LogP contribution in [0, 0.1) is 0 Å². The maximum Gasteiger partial charge on any atom is 0.339 e. The van der Waals surface area contributed by atoms with Crippen LogP contribution < -0.4 is 10.2 Å². The molecule has 0 amide bonds. The Kier molecular flexibility index (Phi) is 5.43. The molecule has 0 atom stereocenters. The van der Waals surface area contributed by atoms with Crippen molar-refractivity contribution in [1.29, 1.82) is 0 Å². The van der Waals surface area contributed by atoms with Gasteiger partial charge in [-0.25, -0.2) is 9.78 Å². The van der Waals surface area contributed by atoms with Crippen molar-refractivity contribution in [2.75, 3.05) is 23.9 Å². The van der Waals surface area contributed by atoms with Crippen LogP contribution in [0.25, 0.3) is 0 Å². The minimum absolute atomic E-state index is 0.401. The number of nitrogens with one attached hydrogen (secondary N) is 1. The molecule has 0 fully saturated rings. The first-order valence-corrected chi connectivity index (χ1v) is 8.33. The predicted octanol–water partition coefficient (Wildman–Crippen LogP) is 4.16. The summed E-state index contributed by atoms with van der Waals surface area (Å²) in [7, 11) is 1.36. The Morgan fingerprint density at radius 2 is 1.81 bits per heavy atom. The first-order valence-electron chi connectivity index (χ1n) is 8.33. The van der Waals surface area contributed by atoms with Gasteiger partial charge in [-0.1, -0.05) is 30.3 Å². The average Bonchev–Trinajstić information content (AvgIpc) is 2.69. The quantitative estimate of drug-likeness (QED) is 0.675. The normalized spacial score (nSPS) is 10.2. The fourth-order valence-corrected chi connectivity index (χ4v) is 2.61. The van der Waals surface area contributed by atoms with E-state index in [0.29, 0.717) is 23.0 Å². The van der Waals surface area contributed by atoms with Gasteiger partial charge in [-0.3, -0.25) is 0 Å². The highest BCUT2D eigenvalue weighted by Gasteiger charge is 2.13. The van der Waals surface area contributed by atoms with E-state index in [1.807, 2.05) is 54.3 Å². The summed E-state index contributed by atoms with van der Waals surface area (Å²) in [5.41, 5.74) is 2.10. The average molecular weight is 348 g/mol. The van der Waals surface area contributed by atoms with Crippen LogP contribution in [0.15, 0.2) is 66.9 Å². The summed E-state index contributed by atoms with van der Waals surface area (Å²) in [6.07, 6.45) is 1.69. The largest absolute Gasteiger partial charge is 0.465 e. The van der Waals surface area contributed by atoms with E-state index in [9.17, 15) is 4.79 Å². The van der Waals surface area contributed by atoms with Crippen molar-refractivity contribution in [3.8, 4) is 0 Å². The monoisotopic (exact) mass is 348 g/mol. The van der Waals surface area contributed by atoms with E-state index in [0.717, 1.165) is 12.2 Å². The predicted molar refractivity (Wildman–Crippen MR) is 102 cm³/mol. The molecule has 0 aliphatic carbocycles. The van der Waals surface area contributed by atoms with Gasteiger partial charge in [-0.2, -0.15) is 4.98 Å². The van der Waals surface area contributed by atoms with Crippen molar-refractivity contribution >= 4 is 29.1 Å². The van der Waals surface area contributed by atoms with E-state index in [1.165, 1.54) is 7.11 Å². The number of carbonyl (C=O) groups is 1. The summed E-state index contributed by atoms with van der Waals surface area (Å²) in [5, 5.41) is 3.18. The SMILES string of the molecule is CCN(c1ccccc1)c1nccc(Nc2ccccc2C(=O)OC)n1. The fraction of sp³-hybridized carbons (Fsp3) is 0.150. The summed E-state index contributed by atoms with van der Waals surface area (Å²) >= 11 is 0. The molecule has 1 heterocycles. The molecular formula is C20H20N4O2. The van der Waals surface area contributed by atoms with Gasteiger partial charge < -0.3 is 15.0 Å². The van der Waals surface area contributed by atoms with E-state index < -0.39 is 5.97 Å². The van der Waals surface area contributed by atoms with Crippen molar-refractivity contribution in [2.24, 2.45) is 0 Å². The van der Waals surface area contributed by atoms with Gasteiger partial charge in [0.2, 0.25) is 5.95 Å². The fourth-order valence-electron chi connectivity index (χ4n) is 2.61. The molecule has 2 aromatic carbocycles. The maximum atomic E-state index is 11.9. The highest BCUT2D eigenvalue weighted by atomic mass is 16.5. The zero-order chi connectivity index (χ0) is 18.4. The Morgan fingerprint density at radius 3 is 2.54 bits per heavy atom. The Bertz CT molecular complexity index is 884. The number of aromatic nitrogens is 2. The Balaban J connectivity index is 1.90. The summed E-state index contributed by atoms with van der Waals surface area (Å²) in [5.74, 6) is 0.779. The lowest BCUT2D eigenvalue weighted by Gasteiger charge is -2.21. The van der Waals surface area contributed by atoms with Crippen LogP contribution in [0.4, 0.5) is 23.1 Å². The molecule has 0 spiro atoms. The van der Waals surface area contributed by atoms with Crippen molar-refractivity contribution in [3.05, 3.63) is 72.4 Å².